The lowest BCUT2D eigenvalue weighted by molar-refractivity contribution is 0.186. The van der Waals surface area contributed by atoms with Crippen LogP contribution in [0.2, 0.25) is 0 Å². The third kappa shape index (κ3) is 3.13. The lowest BCUT2D eigenvalue weighted by Crippen LogP contribution is -2.40. The van der Waals surface area contributed by atoms with Gasteiger partial charge in [-0.05, 0) is 53.5 Å². The zero-order valence-corrected chi connectivity index (χ0v) is 12.4. The van der Waals surface area contributed by atoms with Crippen molar-refractivity contribution in [2.45, 2.75) is 19.8 Å². The molecule has 1 N–H and O–H groups in total. The molecule has 1 saturated heterocycles. The molecule has 0 aromatic heterocycles. The molecule has 1 aliphatic heterocycles. The molecule has 0 bridgehead atoms. The Balaban J connectivity index is 2.01. The Labute approximate surface area is 120 Å². The SMILES string of the molecule is CC1CCN(C(=O)Nc2cccc(F)c2I)CC1. The summed E-state index contributed by atoms with van der Waals surface area (Å²) in [5, 5.41) is 2.78. The van der Waals surface area contributed by atoms with E-state index in [4.69, 9.17) is 0 Å². The Morgan fingerprint density at radius 2 is 2.11 bits per heavy atom. The van der Waals surface area contributed by atoms with Crippen molar-refractivity contribution in [1.29, 1.82) is 0 Å². The highest BCUT2D eigenvalue weighted by molar-refractivity contribution is 14.1. The number of nitrogens with zero attached hydrogens (tertiary/aromatic N) is 1. The third-order valence-corrected chi connectivity index (χ3v) is 4.36. The van der Waals surface area contributed by atoms with Gasteiger partial charge in [0.25, 0.3) is 0 Å². The molecule has 2 amide bonds. The van der Waals surface area contributed by atoms with Gasteiger partial charge in [-0.2, -0.15) is 0 Å². The van der Waals surface area contributed by atoms with E-state index in [9.17, 15) is 9.18 Å². The van der Waals surface area contributed by atoms with Gasteiger partial charge < -0.3 is 10.2 Å². The predicted octanol–water partition coefficient (Wildman–Crippen LogP) is 3.69. The molecule has 1 aliphatic rings. The Morgan fingerprint density at radius 3 is 2.78 bits per heavy atom. The summed E-state index contributed by atoms with van der Waals surface area (Å²) in [7, 11) is 0. The number of benzene rings is 1. The summed E-state index contributed by atoms with van der Waals surface area (Å²) in [5.74, 6) is 0.379. The average Bonchev–Trinajstić information content (AvgIpc) is 2.36. The van der Waals surface area contributed by atoms with Crippen LogP contribution >= 0.6 is 22.6 Å². The first kappa shape index (κ1) is 13.6. The van der Waals surface area contributed by atoms with Crippen molar-refractivity contribution < 1.29 is 9.18 Å². The third-order valence-electron chi connectivity index (χ3n) is 3.26. The first-order valence-corrected chi connectivity index (χ1v) is 7.15. The number of hydrogen-bond donors (Lipinski definition) is 1. The van der Waals surface area contributed by atoms with Crippen molar-refractivity contribution in [3.8, 4) is 0 Å². The molecule has 18 heavy (non-hydrogen) atoms. The van der Waals surface area contributed by atoms with Gasteiger partial charge >= 0.3 is 6.03 Å². The van der Waals surface area contributed by atoms with Gasteiger partial charge in [0, 0.05) is 13.1 Å². The van der Waals surface area contributed by atoms with Crippen molar-refractivity contribution in [3.63, 3.8) is 0 Å². The minimum absolute atomic E-state index is 0.134. The Morgan fingerprint density at radius 1 is 1.44 bits per heavy atom. The maximum atomic E-state index is 13.4. The molecule has 5 heteroatoms. The fourth-order valence-corrected chi connectivity index (χ4v) is 2.50. The highest BCUT2D eigenvalue weighted by atomic mass is 127. The van der Waals surface area contributed by atoms with Crippen LogP contribution in [0.1, 0.15) is 19.8 Å². The van der Waals surface area contributed by atoms with Gasteiger partial charge in [0.2, 0.25) is 0 Å². The lowest BCUT2D eigenvalue weighted by atomic mass is 10.00. The second-order valence-electron chi connectivity index (χ2n) is 4.70. The zero-order chi connectivity index (χ0) is 13.1. The Bertz CT molecular complexity index is 445. The van der Waals surface area contributed by atoms with Crippen LogP contribution in [-0.4, -0.2) is 24.0 Å². The van der Waals surface area contributed by atoms with Gasteiger partial charge in [-0.1, -0.05) is 13.0 Å². The van der Waals surface area contributed by atoms with Gasteiger partial charge in [-0.3, -0.25) is 0 Å². The number of likely N-dealkylation sites (tertiary alicyclic amines) is 1. The summed E-state index contributed by atoms with van der Waals surface area (Å²) in [6.45, 7) is 3.75. The van der Waals surface area contributed by atoms with Gasteiger partial charge in [-0.25, -0.2) is 9.18 Å². The molecule has 0 unspecified atom stereocenters. The van der Waals surface area contributed by atoms with Gasteiger partial charge in [0.1, 0.15) is 5.82 Å². The molecule has 0 aliphatic carbocycles. The summed E-state index contributed by atoms with van der Waals surface area (Å²) < 4.78 is 13.8. The molecule has 3 nitrogen and oxygen atoms in total. The molecule has 1 heterocycles. The van der Waals surface area contributed by atoms with Crippen LogP contribution in [0, 0.1) is 15.3 Å². The van der Waals surface area contributed by atoms with Crippen molar-refractivity contribution in [3.05, 3.63) is 27.6 Å². The van der Waals surface area contributed by atoms with Crippen molar-refractivity contribution in [1.82, 2.24) is 4.90 Å². The molecule has 0 saturated carbocycles. The van der Waals surface area contributed by atoms with Crippen LogP contribution in [0.25, 0.3) is 0 Å². The van der Waals surface area contributed by atoms with Crippen LogP contribution in [0.3, 0.4) is 0 Å². The topological polar surface area (TPSA) is 32.3 Å². The number of rotatable bonds is 1. The molecule has 0 atom stereocenters. The number of hydrogen-bond acceptors (Lipinski definition) is 1. The van der Waals surface area contributed by atoms with Gasteiger partial charge in [0.15, 0.2) is 0 Å². The Hall–Kier alpha value is -0.850. The normalized spacial score (nSPS) is 16.7. The van der Waals surface area contributed by atoms with Crippen molar-refractivity contribution in [2.24, 2.45) is 5.92 Å². The van der Waals surface area contributed by atoms with E-state index in [2.05, 4.69) is 12.2 Å². The zero-order valence-electron chi connectivity index (χ0n) is 10.2. The number of amides is 2. The molecule has 1 fully saturated rings. The fourth-order valence-electron chi connectivity index (χ4n) is 2.01. The van der Waals surface area contributed by atoms with E-state index in [1.165, 1.54) is 6.07 Å². The maximum absolute atomic E-state index is 13.4. The quantitative estimate of drug-likeness (QED) is 0.760. The first-order chi connectivity index (χ1) is 8.58. The van der Waals surface area contributed by atoms with E-state index in [0.29, 0.717) is 15.2 Å². The molecular weight excluding hydrogens is 346 g/mol. The predicted molar refractivity (Wildman–Crippen MR) is 78.1 cm³/mol. The summed E-state index contributed by atoms with van der Waals surface area (Å²) in [6, 6.07) is 4.58. The molecule has 2 rings (SSSR count). The van der Waals surface area contributed by atoms with E-state index in [1.54, 1.807) is 17.0 Å². The number of urea groups is 1. The average molecular weight is 362 g/mol. The highest BCUT2D eigenvalue weighted by Crippen LogP contribution is 2.22. The molecular formula is C13H16FIN2O. The van der Waals surface area contributed by atoms with E-state index in [1.807, 2.05) is 22.6 Å². The summed E-state index contributed by atoms with van der Waals surface area (Å²) in [6.07, 6.45) is 2.07. The smallest absolute Gasteiger partial charge is 0.321 e. The molecule has 0 spiro atoms. The monoisotopic (exact) mass is 362 g/mol. The second-order valence-corrected chi connectivity index (χ2v) is 5.78. The summed E-state index contributed by atoms with van der Waals surface area (Å²) in [4.78, 5) is 13.8. The molecule has 98 valence electrons. The number of halogens is 2. The fraction of sp³-hybridized carbons (Fsp3) is 0.462. The van der Waals surface area contributed by atoms with Gasteiger partial charge in [0.05, 0.1) is 9.26 Å². The van der Waals surface area contributed by atoms with Crippen LogP contribution < -0.4 is 5.32 Å². The minimum Gasteiger partial charge on any atom is -0.325 e. The van der Waals surface area contributed by atoms with E-state index in [0.717, 1.165) is 25.9 Å². The number of nitrogens with one attached hydrogen (secondary N) is 1. The highest BCUT2D eigenvalue weighted by Gasteiger charge is 2.20. The minimum atomic E-state index is -0.305. The number of anilines is 1. The molecule has 1 aromatic carbocycles. The molecule has 0 radical (unpaired) electrons. The van der Waals surface area contributed by atoms with Crippen molar-refractivity contribution >= 4 is 34.3 Å². The van der Waals surface area contributed by atoms with E-state index in [-0.39, 0.29) is 11.8 Å². The van der Waals surface area contributed by atoms with E-state index >= 15 is 0 Å². The maximum Gasteiger partial charge on any atom is 0.321 e. The van der Waals surface area contributed by atoms with Crippen LogP contribution in [0.4, 0.5) is 14.9 Å². The largest absolute Gasteiger partial charge is 0.325 e. The van der Waals surface area contributed by atoms with Gasteiger partial charge in [-0.15, -0.1) is 0 Å². The summed E-state index contributed by atoms with van der Waals surface area (Å²) in [5.41, 5.74) is 0.541. The van der Waals surface area contributed by atoms with Crippen LogP contribution in [0.15, 0.2) is 18.2 Å². The Kier molecular flexibility index (Phi) is 4.42. The van der Waals surface area contributed by atoms with Crippen LogP contribution in [-0.2, 0) is 0 Å². The number of carbonyl (C=O) groups is 1. The lowest BCUT2D eigenvalue weighted by Gasteiger charge is -2.30. The van der Waals surface area contributed by atoms with Crippen molar-refractivity contribution in [2.75, 3.05) is 18.4 Å². The number of piperidine rings is 1. The first-order valence-electron chi connectivity index (χ1n) is 6.08. The standard InChI is InChI=1S/C13H16FIN2O/c1-9-5-7-17(8-6-9)13(18)16-11-4-2-3-10(14)12(11)15/h2-4,9H,5-8H2,1H3,(H,16,18). The van der Waals surface area contributed by atoms with Crippen LogP contribution in [0.5, 0.6) is 0 Å². The summed E-state index contributed by atoms with van der Waals surface area (Å²) >= 11 is 1.90. The van der Waals surface area contributed by atoms with E-state index < -0.39 is 0 Å². The number of carbonyl (C=O) groups excluding carboxylic acids is 1. The second kappa shape index (κ2) is 5.86. The molecule has 1 aromatic rings.